The molecule has 10 rings (SSSR count). The van der Waals surface area contributed by atoms with E-state index in [1.165, 1.54) is 6.07 Å². The maximum absolute atomic E-state index is 14.7. The molecule has 0 radical (unpaired) electrons. The molecule has 0 aliphatic heterocycles. The van der Waals surface area contributed by atoms with Gasteiger partial charge in [-0.1, -0.05) is 42.5 Å². The summed E-state index contributed by atoms with van der Waals surface area (Å²) in [5.74, 6) is 3.58. The molecule has 0 saturated carbocycles. The molecule has 0 aliphatic carbocycles. The minimum Gasteiger partial charge on any atom is -0.309 e. The normalized spacial score (nSPS) is 12.1. The molecule has 58 heavy (non-hydrogen) atoms. The summed E-state index contributed by atoms with van der Waals surface area (Å²) in [6.07, 6.45) is -1.16. The fraction of sp³-hybridized carbons (Fsp3) is 0.109. The highest BCUT2D eigenvalue weighted by Crippen LogP contribution is 2.43. The molecule has 10 aromatic rings. The molecule has 5 aromatic carbocycles. The van der Waals surface area contributed by atoms with E-state index >= 15 is 0 Å². The monoisotopic (exact) mass is 767 g/mol. The standard InChI is InChI=1S/C46H32F3N9/c1-25-51-26(2)54-44(53-25)29-13-17-40-35(21-29)32-9-5-7-11-38(32)57(40)42-19-20-50-24-37(42)34-16-15-31(46(47,48)49)23-43(34)58-39-12-8-6-10-33(39)36-22-30(14-18-41(36)58)45-55-27(3)52-28(4)56-45/h5-24H,1-4H3. The lowest BCUT2D eigenvalue weighted by Gasteiger charge is -2.20. The Kier molecular flexibility index (Phi) is 7.94. The number of benzene rings is 5. The molecule has 0 fully saturated rings. The molecule has 0 spiro atoms. The van der Waals surface area contributed by atoms with Gasteiger partial charge in [0.25, 0.3) is 0 Å². The molecule has 5 heterocycles. The van der Waals surface area contributed by atoms with E-state index in [0.29, 0.717) is 51.8 Å². The van der Waals surface area contributed by atoms with Crippen molar-refractivity contribution in [3.8, 4) is 45.3 Å². The zero-order chi connectivity index (χ0) is 39.9. The van der Waals surface area contributed by atoms with Crippen LogP contribution in [0.2, 0.25) is 0 Å². The first kappa shape index (κ1) is 35.1. The first-order valence-corrected chi connectivity index (χ1v) is 18.6. The molecule has 0 saturated heterocycles. The van der Waals surface area contributed by atoms with E-state index in [-0.39, 0.29) is 0 Å². The Morgan fingerprint density at radius 2 is 0.931 bits per heavy atom. The lowest BCUT2D eigenvalue weighted by molar-refractivity contribution is -0.137. The van der Waals surface area contributed by atoms with Crippen LogP contribution in [0.5, 0.6) is 0 Å². The highest BCUT2D eigenvalue weighted by atomic mass is 19.4. The van der Waals surface area contributed by atoms with Crippen LogP contribution in [0, 0.1) is 27.7 Å². The number of rotatable bonds is 5. The van der Waals surface area contributed by atoms with Gasteiger partial charge < -0.3 is 9.13 Å². The molecule has 0 aliphatic rings. The molecule has 0 amide bonds. The van der Waals surface area contributed by atoms with E-state index in [9.17, 15) is 13.2 Å². The number of halogens is 3. The third kappa shape index (κ3) is 5.75. The van der Waals surface area contributed by atoms with Crippen LogP contribution >= 0.6 is 0 Å². The van der Waals surface area contributed by atoms with Crippen LogP contribution in [0.25, 0.3) is 88.9 Å². The molecular weight excluding hydrogens is 736 g/mol. The summed E-state index contributed by atoms with van der Waals surface area (Å²) in [6, 6.07) is 33.6. The van der Waals surface area contributed by atoms with E-state index in [2.05, 4.69) is 51.6 Å². The van der Waals surface area contributed by atoms with Crippen LogP contribution in [-0.4, -0.2) is 44.0 Å². The van der Waals surface area contributed by atoms with Crippen molar-refractivity contribution in [1.29, 1.82) is 0 Å². The van der Waals surface area contributed by atoms with Crippen LogP contribution in [-0.2, 0) is 6.18 Å². The third-order valence-corrected chi connectivity index (χ3v) is 10.5. The number of hydrogen-bond donors (Lipinski definition) is 0. The lowest BCUT2D eigenvalue weighted by atomic mass is 10.00. The summed E-state index contributed by atoms with van der Waals surface area (Å²) in [4.78, 5) is 31.6. The molecule has 0 N–H and O–H groups in total. The Labute approximate surface area is 329 Å². The second-order valence-electron chi connectivity index (χ2n) is 14.3. The summed E-state index contributed by atoms with van der Waals surface area (Å²) in [5.41, 5.74) is 6.51. The van der Waals surface area contributed by atoms with Crippen molar-refractivity contribution in [2.75, 3.05) is 0 Å². The van der Waals surface area contributed by atoms with Crippen LogP contribution in [0.1, 0.15) is 28.9 Å². The van der Waals surface area contributed by atoms with Crippen molar-refractivity contribution < 1.29 is 13.2 Å². The third-order valence-electron chi connectivity index (χ3n) is 10.5. The number of nitrogens with zero attached hydrogens (tertiary/aromatic N) is 9. The fourth-order valence-corrected chi connectivity index (χ4v) is 8.14. The number of pyridine rings is 1. The largest absolute Gasteiger partial charge is 0.416 e. The Morgan fingerprint density at radius 3 is 1.45 bits per heavy atom. The Hall–Kier alpha value is -7.34. The zero-order valence-corrected chi connectivity index (χ0v) is 31.7. The maximum Gasteiger partial charge on any atom is 0.416 e. The minimum absolute atomic E-state index is 0.360. The van der Waals surface area contributed by atoms with Gasteiger partial charge in [-0.25, -0.2) is 29.9 Å². The predicted molar refractivity (Wildman–Crippen MR) is 220 cm³/mol. The van der Waals surface area contributed by atoms with E-state index in [1.54, 1.807) is 18.5 Å². The highest BCUT2D eigenvalue weighted by Gasteiger charge is 2.32. The molecular formula is C46H32F3N9. The van der Waals surface area contributed by atoms with Crippen LogP contribution < -0.4 is 0 Å². The number of alkyl halides is 3. The summed E-state index contributed by atoms with van der Waals surface area (Å²) in [7, 11) is 0. The predicted octanol–water partition coefficient (Wildman–Crippen LogP) is 10.9. The Bertz CT molecular complexity index is 3250. The van der Waals surface area contributed by atoms with Gasteiger partial charge in [0.1, 0.15) is 23.3 Å². The van der Waals surface area contributed by atoms with Crippen molar-refractivity contribution in [2.45, 2.75) is 33.9 Å². The van der Waals surface area contributed by atoms with E-state index in [1.807, 2.05) is 111 Å². The molecule has 0 bridgehead atoms. The van der Waals surface area contributed by atoms with Gasteiger partial charge in [0.05, 0.1) is 39.0 Å². The van der Waals surface area contributed by atoms with Gasteiger partial charge in [0.2, 0.25) is 0 Å². The minimum atomic E-state index is -4.59. The average molecular weight is 768 g/mol. The van der Waals surface area contributed by atoms with Gasteiger partial charge in [-0.3, -0.25) is 4.98 Å². The number of fused-ring (bicyclic) bond motifs is 6. The van der Waals surface area contributed by atoms with Crippen molar-refractivity contribution in [1.82, 2.24) is 44.0 Å². The summed E-state index contributed by atoms with van der Waals surface area (Å²) in [5, 5.41) is 3.69. The average Bonchev–Trinajstić information content (AvgIpc) is 3.71. The van der Waals surface area contributed by atoms with Gasteiger partial charge in [0, 0.05) is 56.2 Å². The second kappa shape index (κ2) is 13.1. The van der Waals surface area contributed by atoms with Crippen LogP contribution in [0.4, 0.5) is 13.2 Å². The molecule has 5 aromatic heterocycles. The number of aromatic nitrogens is 9. The van der Waals surface area contributed by atoms with Gasteiger partial charge in [-0.2, -0.15) is 13.2 Å². The van der Waals surface area contributed by atoms with Crippen molar-refractivity contribution in [2.24, 2.45) is 0 Å². The summed E-state index contributed by atoms with van der Waals surface area (Å²) >= 11 is 0. The Morgan fingerprint density at radius 1 is 0.448 bits per heavy atom. The highest BCUT2D eigenvalue weighted by molar-refractivity contribution is 6.12. The summed E-state index contributed by atoms with van der Waals surface area (Å²) in [6.45, 7) is 7.33. The Balaban J connectivity index is 1.23. The lowest BCUT2D eigenvalue weighted by Crippen LogP contribution is -2.08. The number of hydrogen-bond acceptors (Lipinski definition) is 7. The van der Waals surface area contributed by atoms with E-state index < -0.39 is 11.7 Å². The molecule has 12 heteroatoms. The second-order valence-corrected chi connectivity index (χ2v) is 14.3. The van der Waals surface area contributed by atoms with Crippen molar-refractivity contribution in [3.05, 3.63) is 150 Å². The van der Waals surface area contributed by atoms with Gasteiger partial charge >= 0.3 is 6.18 Å². The zero-order valence-electron chi connectivity index (χ0n) is 31.7. The quantitative estimate of drug-likeness (QED) is 0.172. The smallest absolute Gasteiger partial charge is 0.309 e. The molecule has 282 valence electrons. The topological polar surface area (TPSA) is 100 Å². The van der Waals surface area contributed by atoms with Crippen LogP contribution in [0.15, 0.2) is 122 Å². The first-order valence-electron chi connectivity index (χ1n) is 18.6. The molecule has 0 unspecified atom stereocenters. The van der Waals surface area contributed by atoms with E-state index in [4.69, 9.17) is 0 Å². The van der Waals surface area contributed by atoms with Gasteiger partial charge in [-0.15, -0.1) is 0 Å². The summed E-state index contributed by atoms with van der Waals surface area (Å²) < 4.78 is 48.1. The van der Waals surface area contributed by atoms with E-state index in [0.717, 1.165) is 66.5 Å². The fourth-order valence-electron chi connectivity index (χ4n) is 8.14. The first-order chi connectivity index (χ1) is 28.0. The van der Waals surface area contributed by atoms with Gasteiger partial charge in [-0.05, 0) is 94.4 Å². The molecule has 0 atom stereocenters. The van der Waals surface area contributed by atoms with Crippen LogP contribution in [0.3, 0.4) is 0 Å². The molecule has 9 nitrogen and oxygen atoms in total. The maximum atomic E-state index is 14.7. The van der Waals surface area contributed by atoms with Crippen molar-refractivity contribution in [3.63, 3.8) is 0 Å². The number of aryl methyl sites for hydroxylation is 4. The SMILES string of the molecule is Cc1nc(C)nc(-c2ccc3c(c2)c2ccccc2n3-c2ccncc2-c2ccc(C(F)(F)F)cc2-n2c3ccccc3c3cc(-c4nc(C)nc(C)n4)ccc32)n1. The number of para-hydroxylation sites is 2. The van der Waals surface area contributed by atoms with Crippen molar-refractivity contribution >= 4 is 43.6 Å². The van der Waals surface area contributed by atoms with Gasteiger partial charge in [0.15, 0.2) is 11.6 Å².